The van der Waals surface area contributed by atoms with Crippen LogP contribution in [0.4, 0.5) is 21.5 Å². The summed E-state index contributed by atoms with van der Waals surface area (Å²) in [7, 11) is 0. The van der Waals surface area contributed by atoms with Gasteiger partial charge in [-0.2, -0.15) is 0 Å². The van der Waals surface area contributed by atoms with Gasteiger partial charge in [0.1, 0.15) is 11.5 Å². The van der Waals surface area contributed by atoms with Gasteiger partial charge in [0.15, 0.2) is 0 Å². The molecule has 4 nitrogen and oxygen atoms in total. The number of halogens is 3. The summed E-state index contributed by atoms with van der Waals surface area (Å²) < 4.78 is 13.6. The molecule has 1 heterocycles. The maximum absolute atomic E-state index is 13.6. The number of nitrogens with one attached hydrogen (secondary N) is 2. The quantitative estimate of drug-likeness (QED) is 0.630. The lowest BCUT2D eigenvalue weighted by Gasteiger charge is -2.10. The first kappa shape index (κ1) is 17.2. The van der Waals surface area contributed by atoms with Crippen molar-refractivity contribution in [2.24, 2.45) is 0 Å². The molecule has 3 aromatic rings. The van der Waals surface area contributed by atoms with Crippen LogP contribution in [-0.4, -0.2) is 10.9 Å². The summed E-state index contributed by atoms with van der Waals surface area (Å²) >= 11 is 12.2. The average molecular weight is 376 g/mol. The molecule has 0 atom stereocenters. The molecule has 0 radical (unpaired) electrons. The van der Waals surface area contributed by atoms with Crippen LogP contribution in [0, 0.1) is 5.82 Å². The number of hydrogen-bond donors (Lipinski definition) is 2. The van der Waals surface area contributed by atoms with E-state index in [1.807, 2.05) is 0 Å². The number of nitrogens with zero attached hydrogens (tertiary/aromatic N) is 1. The largest absolute Gasteiger partial charge is 0.352 e. The molecule has 0 spiro atoms. The number of pyridine rings is 1. The molecule has 0 bridgehead atoms. The highest BCUT2D eigenvalue weighted by atomic mass is 35.5. The van der Waals surface area contributed by atoms with Crippen LogP contribution in [0.5, 0.6) is 0 Å². The minimum atomic E-state index is -0.512. The number of para-hydroxylation sites is 2. The van der Waals surface area contributed by atoms with Crippen molar-refractivity contribution in [3.63, 3.8) is 0 Å². The zero-order valence-electron chi connectivity index (χ0n) is 12.8. The Balaban J connectivity index is 1.74. The maximum Gasteiger partial charge on any atom is 0.274 e. The number of carbonyl (C=O) groups is 1. The Morgan fingerprint density at radius 2 is 1.68 bits per heavy atom. The molecule has 1 aromatic heterocycles. The van der Waals surface area contributed by atoms with Gasteiger partial charge in [-0.3, -0.25) is 4.79 Å². The lowest BCUT2D eigenvalue weighted by Crippen LogP contribution is -2.14. The first-order valence-corrected chi connectivity index (χ1v) is 8.03. The second kappa shape index (κ2) is 7.51. The van der Waals surface area contributed by atoms with Crippen LogP contribution in [0.2, 0.25) is 10.0 Å². The number of amides is 1. The van der Waals surface area contributed by atoms with Crippen LogP contribution in [0.3, 0.4) is 0 Å². The molecule has 0 aliphatic rings. The van der Waals surface area contributed by atoms with Gasteiger partial charge in [-0.25, -0.2) is 9.37 Å². The third-order valence-corrected chi connectivity index (χ3v) is 3.98. The molecular weight excluding hydrogens is 364 g/mol. The van der Waals surface area contributed by atoms with Crippen LogP contribution in [0.25, 0.3) is 0 Å². The van der Waals surface area contributed by atoms with Crippen molar-refractivity contribution in [3.8, 4) is 0 Å². The first-order chi connectivity index (χ1) is 12.0. The topological polar surface area (TPSA) is 54.0 Å². The van der Waals surface area contributed by atoms with E-state index in [0.717, 1.165) is 0 Å². The predicted molar refractivity (Wildman–Crippen MR) is 98.3 cm³/mol. The molecule has 1 amide bonds. The molecule has 25 heavy (non-hydrogen) atoms. The predicted octanol–water partition coefficient (Wildman–Crippen LogP) is 5.52. The highest BCUT2D eigenvalue weighted by Crippen LogP contribution is 2.32. The smallest absolute Gasteiger partial charge is 0.274 e. The summed E-state index contributed by atoms with van der Waals surface area (Å²) in [4.78, 5) is 16.2. The van der Waals surface area contributed by atoms with Gasteiger partial charge in [0.2, 0.25) is 0 Å². The molecule has 0 saturated heterocycles. The Hall–Kier alpha value is -2.63. The van der Waals surface area contributed by atoms with Gasteiger partial charge in [0.05, 0.1) is 33.3 Å². The lowest BCUT2D eigenvalue weighted by molar-refractivity contribution is 0.102. The highest BCUT2D eigenvalue weighted by molar-refractivity contribution is 6.39. The fourth-order valence-corrected chi connectivity index (χ4v) is 2.60. The number of rotatable bonds is 4. The zero-order valence-corrected chi connectivity index (χ0v) is 14.3. The lowest BCUT2D eigenvalue weighted by atomic mass is 10.2. The van der Waals surface area contributed by atoms with Gasteiger partial charge in [-0.05, 0) is 36.4 Å². The number of hydrogen-bond acceptors (Lipinski definition) is 3. The van der Waals surface area contributed by atoms with Crippen molar-refractivity contribution < 1.29 is 9.18 Å². The van der Waals surface area contributed by atoms with Crippen LogP contribution in [0.15, 0.2) is 60.8 Å². The molecule has 0 fully saturated rings. The summed E-state index contributed by atoms with van der Waals surface area (Å²) in [6.45, 7) is 0. The number of carbonyl (C=O) groups excluding carboxylic acids is 1. The number of benzene rings is 2. The summed E-state index contributed by atoms with van der Waals surface area (Å²) in [5, 5.41) is 6.46. The fraction of sp³-hybridized carbons (Fsp3) is 0. The van der Waals surface area contributed by atoms with Gasteiger partial charge in [0.25, 0.3) is 5.91 Å². The molecule has 0 aliphatic carbocycles. The van der Waals surface area contributed by atoms with Gasteiger partial charge in [-0.15, -0.1) is 0 Å². The van der Waals surface area contributed by atoms with Crippen molar-refractivity contribution in [2.45, 2.75) is 0 Å². The van der Waals surface area contributed by atoms with E-state index in [-0.39, 0.29) is 11.4 Å². The van der Waals surface area contributed by atoms with Crippen molar-refractivity contribution in [1.29, 1.82) is 0 Å². The van der Waals surface area contributed by atoms with E-state index in [0.29, 0.717) is 21.4 Å². The fourth-order valence-electron chi connectivity index (χ4n) is 2.11. The Morgan fingerprint density at radius 1 is 0.960 bits per heavy atom. The van der Waals surface area contributed by atoms with Crippen LogP contribution >= 0.6 is 23.2 Å². The van der Waals surface area contributed by atoms with Crippen molar-refractivity contribution >= 4 is 46.2 Å². The summed E-state index contributed by atoms with van der Waals surface area (Å²) in [5.41, 5.74) is 1.41. The second-order valence-corrected chi connectivity index (χ2v) is 5.90. The van der Waals surface area contributed by atoms with E-state index in [1.165, 1.54) is 24.4 Å². The molecule has 7 heteroatoms. The minimum Gasteiger partial charge on any atom is -0.352 e. The van der Waals surface area contributed by atoms with Crippen LogP contribution < -0.4 is 10.6 Å². The van der Waals surface area contributed by atoms with E-state index in [1.54, 1.807) is 36.4 Å². The van der Waals surface area contributed by atoms with Crippen LogP contribution in [0.1, 0.15) is 10.5 Å². The average Bonchev–Trinajstić information content (AvgIpc) is 2.61. The molecule has 2 N–H and O–H groups in total. The van der Waals surface area contributed by atoms with Crippen molar-refractivity contribution in [1.82, 2.24) is 4.98 Å². The monoisotopic (exact) mass is 375 g/mol. The van der Waals surface area contributed by atoms with Gasteiger partial charge < -0.3 is 10.6 Å². The molecule has 0 saturated carbocycles. The SMILES string of the molecule is O=C(Nc1ccccc1F)c1ccc(Nc2c(Cl)cccc2Cl)cn1. The normalized spacial score (nSPS) is 10.4. The Kier molecular flexibility index (Phi) is 5.16. The molecule has 0 aliphatic heterocycles. The van der Waals surface area contributed by atoms with Crippen molar-refractivity contribution in [2.75, 3.05) is 10.6 Å². The summed E-state index contributed by atoms with van der Waals surface area (Å²) in [6.07, 6.45) is 1.47. The summed E-state index contributed by atoms with van der Waals surface area (Å²) in [5.74, 6) is -1.02. The molecule has 126 valence electrons. The second-order valence-electron chi connectivity index (χ2n) is 5.09. The molecule has 2 aromatic carbocycles. The number of anilines is 3. The minimum absolute atomic E-state index is 0.0966. The molecule has 0 unspecified atom stereocenters. The van der Waals surface area contributed by atoms with E-state index in [9.17, 15) is 9.18 Å². The highest BCUT2D eigenvalue weighted by Gasteiger charge is 2.11. The zero-order chi connectivity index (χ0) is 17.8. The van der Waals surface area contributed by atoms with Gasteiger partial charge in [0, 0.05) is 0 Å². The number of aromatic nitrogens is 1. The van der Waals surface area contributed by atoms with E-state index in [4.69, 9.17) is 23.2 Å². The Bertz CT molecular complexity index is 896. The molecule has 3 rings (SSSR count). The van der Waals surface area contributed by atoms with Crippen molar-refractivity contribution in [3.05, 3.63) is 82.4 Å². The van der Waals surface area contributed by atoms with Gasteiger partial charge in [-0.1, -0.05) is 41.4 Å². The third kappa shape index (κ3) is 4.07. The Morgan fingerprint density at radius 3 is 2.32 bits per heavy atom. The standard InChI is InChI=1S/C18H12Cl2FN3O/c19-12-4-3-5-13(20)17(12)23-11-8-9-16(22-10-11)18(25)24-15-7-2-1-6-14(15)21/h1-10,23H,(H,24,25). The van der Waals surface area contributed by atoms with Crippen LogP contribution in [-0.2, 0) is 0 Å². The molecular formula is C18H12Cl2FN3O. The van der Waals surface area contributed by atoms with E-state index < -0.39 is 11.7 Å². The van der Waals surface area contributed by atoms with Gasteiger partial charge >= 0.3 is 0 Å². The van der Waals surface area contributed by atoms with E-state index in [2.05, 4.69) is 15.6 Å². The van der Waals surface area contributed by atoms with E-state index >= 15 is 0 Å². The summed E-state index contributed by atoms with van der Waals surface area (Å²) in [6, 6.07) is 14.2. The third-order valence-electron chi connectivity index (χ3n) is 3.35. The first-order valence-electron chi connectivity index (χ1n) is 7.27. The Labute approximate surface area is 153 Å². The maximum atomic E-state index is 13.6.